The number of anilines is 2. The van der Waals surface area contributed by atoms with Crippen molar-refractivity contribution in [3.63, 3.8) is 0 Å². The zero-order valence-corrected chi connectivity index (χ0v) is 13.6. The van der Waals surface area contributed by atoms with Crippen LogP contribution < -0.4 is 14.5 Å². The van der Waals surface area contributed by atoms with Crippen molar-refractivity contribution in [2.75, 3.05) is 30.5 Å². The summed E-state index contributed by atoms with van der Waals surface area (Å²) < 4.78 is 5.15. The van der Waals surface area contributed by atoms with Crippen LogP contribution in [0.1, 0.15) is 11.5 Å². The standard InChI is InChI=1S/C19H18N2O3/c1-20-11-15-17(14-5-3-4-6-16(14)20)19(23)21(18(15)22)12-7-9-13(24-2)10-8-12/h3-10,15,17H,11H2,1-2H3/t15-,17+/m1/s1. The summed E-state index contributed by atoms with van der Waals surface area (Å²) in [6.07, 6.45) is 0. The molecule has 0 aliphatic carbocycles. The van der Waals surface area contributed by atoms with Crippen LogP contribution in [0, 0.1) is 5.92 Å². The van der Waals surface area contributed by atoms with E-state index in [2.05, 4.69) is 4.90 Å². The first-order valence-electron chi connectivity index (χ1n) is 7.93. The van der Waals surface area contributed by atoms with Crippen LogP contribution in [0.5, 0.6) is 5.75 Å². The Morgan fingerprint density at radius 1 is 1.00 bits per heavy atom. The minimum Gasteiger partial charge on any atom is -0.497 e. The van der Waals surface area contributed by atoms with E-state index in [1.165, 1.54) is 4.90 Å². The van der Waals surface area contributed by atoms with Gasteiger partial charge < -0.3 is 9.64 Å². The summed E-state index contributed by atoms with van der Waals surface area (Å²) in [7, 11) is 3.55. The number of hydrogen-bond acceptors (Lipinski definition) is 4. The average molecular weight is 322 g/mol. The molecule has 0 spiro atoms. The van der Waals surface area contributed by atoms with Gasteiger partial charge in [-0.2, -0.15) is 0 Å². The van der Waals surface area contributed by atoms with Crippen molar-refractivity contribution in [1.82, 2.24) is 0 Å². The van der Waals surface area contributed by atoms with Gasteiger partial charge in [-0.25, -0.2) is 4.90 Å². The maximum absolute atomic E-state index is 13.0. The Hall–Kier alpha value is -2.82. The van der Waals surface area contributed by atoms with Crippen molar-refractivity contribution >= 4 is 23.2 Å². The van der Waals surface area contributed by atoms with Gasteiger partial charge in [-0.15, -0.1) is 0 Å². The molecule has 2 aliphatic heterocycles. The van der Waals surface area contributed by atoms with Crippen molar-refractivity contribution in [2.45, 2.75) is 5.92 Å². The molecule has 4 rings (SSSR count). The number of rotatable bonds is 2. The van der Waals surface area contributed by atoms with Crippen LogP contribution in [-0.2, 0) is 9.59 Å². The quantitative estimate of drug-likeness (QED) is 0.797. The highest BCUT2D eigenvalue weighted by Crippen LogP contribution is 2.45. The fourth-order valence-corrected chi connectivity index (χ4v) is 3.74. The Kier molecular flexibility index (Phi) is 3.30. The summed E-state index contributed by atoms with van der Waals surface area (Å²) in [5.41, 5.74) is 2.56. The van der Waals surface area contributed by atoms with Crippen molar-refractivity contribution < 1.29 is 14.3 Å². The van der Waals surface area contributed by atoms with Crippen LogP contribution in [0.4, 0.5) is 11.4 Å². The summed E-state index contributed by atoms with van der Waals surface area (Å²) in [6, 6.07) is 14.9. The zero-order valence-electron chi connectivity index (χ0n) is 13.6. The molecular formula is C19H18N2O3. The first-order valence-corrected chi connectivity index (χ1v) is 7.93. The van der Waals surface area contributed by atoms with Gasteiger partial charge in [0.1, 0.15) is 5.75 Å². The van der Waals surface area contributed by atoms with E-state index in [1.807, 2.05) is 31.3 Å². The number of methoxy groups -OCH3 is 1. The van der Waals surface area contributed by atoms with Crippen LogP contribution in [0.2, 0.25) is 0 Å². The number of benzene rings is 2. The Balaban J connectivity index is 1.76. The number of carbonyl (C=O) groups excluding carboxylic acids is 2. The summed E-state index contributed by atoms with van der Waals surface area (Å²) in [6.45, 7) is 0.554. The fraction of sp³-hybridized carbons (Fsp3) is 0.263. The lowest BCUT2D eigenvalue weighted by Crippen LogP contribution is -2.37. The Morgan fingerprint density at radius 3 is 2.42 bits per heavy atom. The monoisotopic (exact) mass is 322 g/mol. The SMILES string of the molecule is COc1ccc(N2C(=O)[C@@H]3CN(C)c4ccccc4[C@@H]3C2=O)cc1. The molecule has 2 amide bonds. The van der Waals surface area contributed by atoms with Crippen molar-refractivity contribution in [3.05, 3.63) is 54.1 Å². The highest BCUT2D eigenvalue weighted by atomic mass is 16.5. The molecule has 0 N–H and O–H groups in total. The molecule has 2 aromatic rings. The number of fused-ring (bicyclic) bond motifs is 3. The van der Waals surface area contributed by atoms with Gasteiger partial charge in [-0.3, -0.25) is 9.59 Å². The molecule has 122 valence electrons. The topological polar surface area (TPSA) is 49.9 Å². The molecule has 0 saturated carbocycles. The van der Waals surface area contributed by atoms with Gasteiger partial charge in [0.15, 0.2) is 0 Å². The summed E-state index contributed by atoms with van der Waals surface area (Å²) in [4.78, 5) is 29.3. The molecule has 0 bridgehead atoms. The largest absolute Gasteiger partial charge is 0.497 e. The van der Waals surface area contributed by atoms with Gasteiger partial charge in [-0.1, -0.05) is 18.2 Å². The third kappa shape index (κ3) is 2.01. The highest BCUT2D eigenvalue weighted by molar-refractivity contribution is 6.24. The number of amides is 2. The average Bonchev–Trinajstić information content (AvgIpc) is 2.86. The first-order chi connectivity index (χ1) is 11.6. The van der Waals surface area contributed by atoms with E-state index < -0.39 is 5.92 Å². The van der Waals surface area contributed by atoms with Crippen LogP contribution in [0.15, 0.2) is 48.5 Å². The van der Waals surface area contributed by atoms with Gasteiger partial charge in [0.2, 0.25) is 11.8 Å². The van der Waals surface area contributed by atoms with E-state index in [9.17, 15) is 9.59 Å². The predicted octanol–water partition coefficient (Wildman–Crippen LogP) is 2.42. The summed E-state index contributed by atoms with van der Waals surface area (Å²) >= 11 is 0. The van der Waals surface area contributed by atoms with Crippen molar-refractivity contribution in [3.8, 4) is 5.75 Å². The number of imide groups is 1. The number of hydrogen-bond donors (Lipinski definition) is 0. The van der Waals surface area contributed by atoms with E-state index in [0.717, 1.165) is 11.3 Å². The minimum absolute atomic E-state index is 0.128. The molecule has 0 unspecified atom stereocenters. The molecule has 2 aliphatic rings. The Bertz CT molecular complexity index is 816. The fourth-order valence-electron chi connectivity index (χ4n) is 3.74. The maximum Gasteiger partial charge on any atom is 0.242 e. The van der Waals surface area contributed by atoms with Crippen LogP contribution in [-0.4, -0.2) is 32.5 Å². The molecule has 2 heterocycles. The van der Waals surface area contributed by atoms with Crippen molar-refractivity contribution in [1.29, 1.82) is 0 Å². The summed E-state index contributed by atoms with van der Waals surface area (Å²) in [5.74, 6) is -0.306. The minimum atomic E-state index is -0.396. The van der Waals surface area contributed by atoms with Gasteiger partial charge in [-0.05, 0) is 35.9 Å². The van der Waals surface area contributed by atoms with Gasteiger partial charge in [0.25, 0.3) is 0 Å². The number of ether oxygens (including phenoxy) is 1. The number of carbonyl (C=O) groups is 2. The molecule has 2 atom stereocenters. The van der Waals surface area contributed by atoms with Gasteiger partial charge in [0.05, 0.1) is 24.6 Å². The van der Waals surface area contributed by atoms with Gasteiger partial charge >= 0.3 is 0 Å². The molecule has 24 heavy (non-hydrogen) atoms. The molecule has 2 aromatic carbocycles. The Morgan fingerprint density at radius 2 is 1.71 bits per heavy atom. The van der Waals surface area contributed by atoms with E-state index in [4.69, 9.17) is 4.74 Å². The molecule has 0 aromatic heterocycles. The zero-order chi connectivity index (χ0) is 16.8. The summed E-state index contributed by atoms with van der Waals surface area (Å²) in [5, 5.41) is 0. The molecule has 0 radical (unpaired) electrons. The van der Waals surface area contributed by atoms with E-state index >= 15 is 0 Å². The lowest BCUT2D eigenvalue weighted by molar-refractivity contribution is -0.122. The number of nitrogens with zero attached hydrogens (tertiary/aromatic N) is 2. The normalized spacial score (nSPS) is 22.4. The molecule has 5 heteroatoms. The molecule has 5 nitrogen and oxygen atoms in total. The van der Waals surface area contributed by atoms with Crippen LogP contribution in [0.25, 0.3) is 0 Å². The first kappa shape index (κ1) is 14.8. The second-order valence-electron chi connectivity index (χ2n) is 6.23. The van der Waals surface area contributed by atoms with Gasteiger partial charge in [0, 0.05) is 19.3 Å². The lowest BCUT2D eigenvalue weighted by atomic mass is 9.83. The highest BCUT2D eigenvalue weighted by Gasteiger charge is 2.52. The van der Waals surface area contributed by atoms with E-state index in [0.29, 0.717) is 18.0 Å². The molecule has 1 saturated heterocycles. The van der Waals surface area contributed by atoms with E-state index in [-0.39, 0.29) is 17.7 Å². The van der Waals surface area contributed by atoms with Crippen LogP contribution in [0.3, 0.4) is 0 Å². The third-order valence-corrected chi connectivity index (χ3v) is 4.91. The van der Waals surface area contributed by atoms with Crippen molar-refractivity contribution in [2.24, 2.45) is 5.92 Å². The van der Waals surface area contributed by atoms with Crippen LogP contribution >= 0.6 is 0 Å². The Labute approximate surface area is 140 Å². The molecule has 1 fully saturated rings. The number of para-hydroxylation sites is 1. The second kappa shape index (κ2) is 5.37. The molecular weight excluding hydrogens is 304 g/mol. The third-order valence-electron chi connectivity index (χ3n) is 4.91. The second-order valence-corrected chi connectivity index (χ2v) is 6.23. The maximum atomic E-state index is 13.0. The lowest BCUT2D eigenvalue weighted by Gasteiger charge is -2.33. The predicted molar refractivity (Wildman–Crippen MR) is 91.4 cm³/mol. The van der Waals surface area contributed by atoms with E-state index in [1.54, 1.807) is 31.4 Å². The smallest absolute Gasteiger partial charge is 0.242 e.